The normalized spacial score (nSPS) is 11.4. The molecule has 0 amide bonds. The number of aromatic nitrogens is 1. The van der Waals surface area contributed by atoms with Gasteiger partial charge in [0.05, 0.1) is 13.3 Å². The van der Waals surface area contributed by atoms with Crippen LogP contribution in [0.2, 0.25) is 0 Å². The second-order valence-corrected chi connectivity index (χ2v) is 3.25. The van der Waals surface area contributed by atoms with Crippen molar-refractivity contribution in [1.82, 2.24) is 4.98 Å². The van der Waals surface area contributed by atoms with E-state index in [2.05, 4.69) is 15.6 Å². The van der Waals surface area contributed by atoms with Gasteiger partial charge in [0.1, 0.15) is 5.75 Å². The second-order valence-electron chi connectivity index (χ2n) is 3.25. The van der Waals surface area contributed by atoms with Crippen molar-refractivity contribution in [3.63, 3.8) is 0 Å². The summed E-state index contributed by atoms with van der Waals surface area (Å²) in [5.41, 5.74) is 0.969. The Morgan fingerprint density at radius 2 is 2.31 bits per heavy atom. The Kier molecular flexibility index (Phi) is 3.90. The summed E-state index contributed by atoms with van der Waals surface area (Å²) in [4.78, 5) is 15.2. The summed E-state index contributed by atoms with van der Waals surface area (Å²) in [5, 5.41) is 0. The van der Waals surface area contributed by atoms with Crippen LogP contribution < -0.4 is 4.74 Å². The molecule has 1 unspecified atom stereocenters. The average Bonchev–Trinajstić information content (AvgIpc) is 2.28. The van der Waals surface area contributed by atoms with Gasteiger partial charge in [-0.05, 0) is 25.5 Å². The number of methoxy groups -OCH3 is 1. The maximum Gasteiger partial charge on any atom is 0.356 e. The van der Waals surface area contributed by atoms with Gasteiger partial charge in [-0.1, -0.05) is 5.92 Å². The molecule has 16 heavy (non-hydrogen) atoms. The van der Waals surface area contributed by atoms with Gasteiger partial charge in [0, 0.05) is 0 Å². The molecule has 1 rings (SSSR count). The Labute approximate surface area is 94.6 Å². The van der Waals surface area contributed by atoms with E-state index >= 15 is 0 Å². The van der Waals surface area contributed by atoms with Crippen LogP contribution in [-0.4, -0.2) is 24.2 Å². The van der Waals surface area contributed by atoms with Gasteiger partial charge in [-0.2, -0.15) is 0 Å². The molecule has 4 heteroatoms. The van der Waals surface area contributed by atoms with Crippen molar-refractivity contribution in [3.05, 3.63) is 23.5 Å². The molecule has 0 spiro atoms. The standard InChI is InChI=1S/C12H13NO3/c1-5-9(3)16-10-6-8(2)11(13-7-10)12(14)15-4/h1,6-7,9H,2-4H3. The highest BCUT2D eigenvalue weighted by Gasteiger charge is 2.12. The summed E-state index contributed by atoms with van der Waals surface area (Å²) < 4.78 is 9.95. The zero-order valence-corrected chi connectivity index (χ0v) is 9.48. The van der Waals surface area contributed by atoms with E-state index < -0.39 is 5.97 Å². The highest BCUT2D eigenvalue weighted by Crippen LogP contribution is 2.16. The number of carbonyl (C=O) groups excluding carboxylic acids is 1. The lowest BCUT2D eigenvalue weighted by molar-refractivity contribution is 0.0593. The first-order valence-electron chi connectivity index (χ1n) is 4.76. The fourth-order valence-corrected chi connectivity index (χ4v) is 1.16. The van der Waals surface area contributed by atoms with Crippen molar-refractivity contribution < 1.29 is 14.3 Å². The number of terminal acetylenes is 1. The van der Waals surface area contributed by atoms with Gasteiger partial charge in [0.15, 0.2) is 11.8 Å². The predicted octanol–water partition coefficient (Wildman–Crippen LogP) is 1.58. The number of hydrogen-bond donors (Lipinski definition) is 0. The lowest BCUT2D eigenvalue weighted by atomic mass is 10.2. The molecule has 1 heterocycles. The van der Waals surface area contributed by atoms with Gasteiger partial charge < -0.3 is 9.47 Å². The Bertz CT molecular complexity index is 434. The zero-order chi connectivity index (χ0) is 12.1. The predicted molar refractivity (Wildman–Crippen MR) is 59.2 cm³/mol. The van der Waals surface area contributed by atoms with Crippen molar-refractivity contribution >= 4 is 5.97 Å². The van der Waals surface area contributed by atoms with Gasteiger partial charge >= 0.3 is 5.97 Å². The van der Waals surface area contributed by atoms with E-state index in [0.717, 1.165) is 0 Å². The SMILES string of the molecule is C#CC(C)Oc1cnc(C(=O)OC)c(C)c1. The van der Waals surface area contributed by atoms with E-state index in [-0.39, 0.29) is 11.8 Å². The van der Waals surface area contributed by atoms with Gasteiger partial charge in [-0.15, -0.1) is 6.42 Å². The molecule has 0 bridgehead atoms. The van der Waals surface area contributed by atoms with Crippen LogP contribution in [0.25, 0.3) is 0 Å². The summed E-state index contributed by atoms with van der Waals surface area (Å²) >= 11 is 0. The number of aryl methyl sites for hydroxylation is 1. The zero-order valence-electron chi connectivity index (χ0n) is 9.48. The largest absolute Gasteiger partial charge is 0.476 e. The Hall–Kier alpha value is -2.02. The van der Waals surface area contributed by atoms with Crippen LogP contribution in [0.4, 0.5) is 0 Å². The van der Waals surface area contributed by atoms with E-state index in [0.29, 0.717) is 11.3 Å². The van der Waals surface area contributed by atoms with Gasteiger partial charge in [-0.3, -0.25) is 0 Å². The lowest BCUT2D eigenvalue weighted by Gasteiger charge is -2.10. The molecule has 0 aliphatic heterocycles. The number of esters is 1. The summed E-state index contributed by atoms with van der Waals surface area (Å²) in [6.45, 7) is 3.51. The smallest absolute Gasteiger partial charge is 0.356 e. The molecule has 0 aliphatic carbocycles. The summed E-state index contributed by atoms with van der Waals surface area (Å²) in [6.07, 6.45) is 6.31. The second kappa shape index (κ2) is 5.17. The lowest BCUT2D eigenvalue weighted by Crippen LogP contribution is -2.11. The van der Waals surface area contributed by atoms with E-state index in [1.165, 1.54) is 13.3 Å². The highest BCUT2D eigenvalue weighted by molar-refractivity contribution is 5.88. The molecular weight excluding hydrogens is 206 g/mol. The summed E-state index contributed by atoms with van der Waals surface area (Å²) in [6, 6.07) is 1.70. The van der Waals surface area contributed by atoms with E-state index in [1.54, 1.807) is 19.9 Å². The molecule has 0 aliphatic rings. The van der Waals surface area contributed by atoms with Crippen LogP contribution in [0.3, 0.4) is 0 Å². The van der Waals surface area contributed by atoms with Crippen LogP contribution in [-0.2, 0) is 4.74 Å². The van der Waals surface area contributed by atoms with Crippen LogP contribution in [0, 0.1) is 19.3 Å². The van der Waals surface area contributed by atoms with E-state index in [4.69, 9.17) is 11.2 Å². The van der Waals surface area contributed by atoms with Crippen molar-refractivity contribution in [3.8, 4) is 18.1 Å². The maximum atomic E-state index is 11.3. The molecule has 0 fully saturated rings. The number of nitrogens with zero attached hydrogens (tertiary/aromatic N) is 1. The quantitative estimate of drug-likeness (QED) is 0.572. The average molecular weight is 219 g/mol. The molecule has 4 nitrogen and oxygen atoms in total. The van der Waals surface area contributed by atoms with Crippen molar-refractivity contribution in [2.75, 3.05) is 7.11 Å². The number of pyridine rings is 1. The van der Waals surface area contributed by atoms with Crippen molar-refractivity contribution in [2.24, 2.45) is 0 Å². The molecule has 0 saturated carbocycles. The first-order chi connectivity index (χ1) is 7.58. The molecule has 0 N–H and O–H groups in total. The minimum atomic E-state index is -0.464. The third kappa shape index (κ3) is 2.74. The third-order valence-electron chi connectivity index (χ3n) is 1.98. The van der Waals surface area contributed by atoms with Crippen molar-refractivity contribution in [1.29, 1.82) is 0 Å². The van der Waals surface area contributed by atoms with E-state index in [1.807, 2.05) is 0 Å². The third-order valence-corrected chi connectivity index (χ3v) is 1.98. The summed E-state index contributed by atoms with van der Waals surface area (Å²) in [5.74, 6) is 2.51. The molecule has 0 saturated heterocycles. The van der Waals surface area contributed by atoms with Gasteiger partial charge in [-0.25, -0.2) is 9.78 Å². The Morgan fingerprint density at radius 3 is 2.81 bits per heavy atom. The molecular formula is C12H13NO3. The minimum Gasteiger partial charge on any atom is -0.476 e. The summed E-state index contributed by atoms with van der Waals surface area (Å²) in [7, 11) is 1.31. The first-order valence-corrected chi connectivity index (χ1v) is 4.76. The van der Waals surface area contributed by atoms with Crippen LogP contribution in [0.15, 0.2) is 12.3 Å². The first kappa shape index (κ1) is 12.1. The van der Waals surface area contributed by atoms with Crippen molar-refractivity contribution in [2.45, 2.75) is 20.0 Å². The Balaban J connectivity index is 2.92. The molecule has 1 aromatic rings. The number of carbonyl (C=O) groups is 1. The maximum absolute atomic E-state index is 11.3. The van der Waals surface area contributed by atoms with E-state index in [9.17, 15) is 4.79 Å². The monoisotopic (exact) mass is 219 g/mol. The Morgan fingerprint density at radius 1 is 1.62 bits per heavy atom. The fraction of sp³-hybridized carbons (Fsp3) is 0.333. The topological polar surface area (TPSA) is 48.4 Å². The van der Waals surface area contributed by atoms with Gasteiger partial charge in [0.2, 0.25) is 0 Å². The molecule has 1 atom stereocenters. The number of ether oxygens (including phenoxy) is 2. The van der Waals surface area contributed by atoms with Gasteiger partial charge in [0.25, 0.3) is 0 Å². The van der Waals surface area contributed by atoms with Crippen LogP contribution in [0.5, 0.6) is 5.75 Å². The minimum absolute atomic E-state index is 0.281. The molecule has 1 aromatic heterocycles. The number of rotatable bonds is 3. The molecule has 0 aromatic carbocycles. The highest BCUT2D eigenvalue weighted by atomic mass is 16.5. The number of hydrogen-bond acceptors (Lipinski definition) is 4. The van der Waals surface area contributed by atoms with Crippen LogP contribution in [0.1, 0.15) is 23.0 Å². The van der Waals surface area contributed by atoms with Crippen LogP contribution >= 0.6 is 0 Å². The fourth-order valence-electron chi connectivity index (χ4n) is 1.16. The molecule has 0 radical (unpaired) electrons. The molecule has 84 valence electrons.